The van der Waals surface area contributed by atoms with Gasteiger partial charge in [0.15, 0.2) is 5.69 Å². The number of aromatic nitrogens is 3. The minimum atomic E-state index is -0.558. The van der Waals surface area contributed by atoms with Crippen LogP contribution in [-0.2, 0) is 24.3 Å². The van der Waals surface area contributed by atoms with Crippen molar-refractivity contribution in [2.45, 2.75) is 45.7 Å². The van der Waals surface area contributed by atoms with Crippen LogP contribution < -0.4 is 41.1 Å². The summed E-state index contributed by atoms with van der Waals surface area (Å²) < 4.78 is 7.14. The molecule has 9 rings (SSSR count). The lowest BCUT2D eigenvalue weighted by atomic mass is 9.95. The molecule has 6 heterocycles. The second-order valence-electron chi connectivity index (χ2n) is 16.7. The number of anilines is 5. The van der Waals surface area contributed by atoms with Crippen molar-refractivity contribution < 1.29 is 23.9 Å². The summed E-state index contributed by atoms with van der Waals surface area (Å²) >= 11 is 0. The first-order chi connectivity index (χ1) is 30.6. The van der Waals surface area contributed by atoms with Gasteiger partial charge >= 0.3 is 6.03 Å². The lowest BCUT2D eigenvalue weighted by Gasteiger charge is -2.40. The van der Waals surface area contributed by atoms with Crippen LogP contribution in [0.25, 0.3) is 11.3 Å². The molecule has 3 saturated heterocycles. The maximum atomic E-state index is 13.1. The van der Waals surface area contributed by atoms with E-state index in [2.05, 4.69) is 66.0 Å². The van der Waals surface area contributed by atoms with Gasteiger partial charge in [-0.25, -0.2) is 14.5 Å². The fraction of sp³-hybridized carbons (Fsp3) is 0.362. The van der Waals surface area contributed by atoms with Crippen molar-refractivity contribution in [1.82, 2.24) is 30.3 Å². The minimum absolute atomic E-state index is 0.221. The molecule has 0 radical (unpaired) electrons. The SMILES string of the molecule is COc1cccnc1C(=O)NCc1ccc(-c2nn3c(c2C(N)=O)Nc2ccc(N4CCN(CC5CCN(c6ccc(N7CCC(=O)NC7=O)cc6)CC5)CC4)cc2CC3)cc1C. The molecule has 2 aromatic heterocycles. The molecule has 3 aromatic carbocycles. The zero-order valence-corrected chi connectivity index (χ0v) is 35.7. The summed E-state index contributed by atoms with van der Waals surface area (Å²) in [6.45, 7) is 10.3. The van der Waals surface area contributed by atoms with Gasteiger partial charge in [0.05, 0.1) is 7.11 Å². The average molecular weight is 852 g/mol. The molecule has 0 aliphatic carbocycles. The highest BCUT2D eigenvalue weighted by Gasteiger charge is 2.29. The molecule has 4 aliphatic heterocycles. The third-order valence-corrected chi connectivity index (χ3v) is 12.8. The Bertz CT molecular complexity index is 2540. The van der Waals surface area contributed by atoms with Crippen LogP contribution in [0.4, 0.5) is 33.4 Å². The Kier molecular flexibility index (Phi) is 11.7. The molecule has 0 spiro atoms. The number of nitrogens with two attached hydrogens (primary N) is 1. The van der Waals surface area contributed by atoms with E-state index in [9.17, 15) is 19.2 Å². The van der Waals surface area contributed by atoms with Crippen molar-refractivity contribution in [2.75, 3.05) is 79.5 Å². The Hall–Kier alpha value is -6.94. The number of carbonyl (C=O) groups excluding carboxylic acids is 4. The summed E-state index contributed by atoms with van der Waals surface area (Å²) in [6.07, 6.45) is 4.89. The Morgan fingerprint density at radius 3 is 2.32 bits per heavy atom. The van der Waals surface area contributed by atoms with E-state index in [0.717, 1.165) is 98.7 Å². The minimum Gasteiger partial charge on any atom is -0.494 e. The van der Waals surface area contributed by atoms with Gasteiger partial charge in [-0.15, -0.1) is 0 Å². The molecular weight excluding hydrogens is 799 g/mol. The zero-order valence-electron chi connectivity index (χ0n) is 35.7. The van der Waals surface area contributed by atoms with Crippen LogP contribution >= 0.6 is 0 Å². The highest BCUT2D eigenvalue weighted by Crippen LogP contribution is 2.37. The number of fused-ring (bicyclic) bond motifs is 2. The quantitative estimate of drug-likeness (QED) is 0.139. The number of aryl methyl sites for hydroxylation is 3. The van der Waals surface area contributed by atoms with E-state index in [1.54, 1.807) is 23.2 Å². The highest BCUT2D eigenvalue weighted by atomic mass is 16.5. The molecule has 3 fully saturated rings. The summed E-state index contributed by atoms with van der Waals surface area (Å²) in [4.78, 5) is 63.0. The number of pyridine rings is 1. The number of urea groups is 1. The van der Waals surface area contributed by atoms with Crippen molar-refractivity contribution in [1.29, 1.82) is 0 Å². The third kappa shape index (κ3) is 8.76. The van der Waals surface area contributed by atoms with Gasteiger partial charge < -0.3 is 30.9 Å². The number of benzene rings is 3. The summed E-state index contributed by atoms with van der Waals surface area (Å²) in [5.41, 5.74) is 15.0. The van der Waals surface area contributed by atoms with Gasteiger partial charge in [0.1, 0.15) is 22.8 Å². The van der Waals surface area contributed by atoms with Gasteiger partial charge in [-0.2, -0.15) is 5.10 Å². The number of nitrogens with one attached hydrogen (secondary N) is 3. The molecule has 0 atom stereocenters. The van der Waals surface area contributed by atoms with Crippen LogP contribution in [0.15, 0.2) is 79.0 Å². The highest BCUT2D eigenvalue weighted by molar-refractivity contribution is 6.06. The number of nitrogens with zero attached hydrogens (tertiary/aromatic N) is 7. The number of piperazine rings is 1. The number of rotatable bonds is 11. The van der Waals surface area contributed by atoms with Gasteiger partial charge in [0.2, 0.25) is 5.91 Å². The van der Waals surface area contributed by atoms with E-state index in [0.29, 0.717) is 48.3 Å². The van der Waals surface area contributed by atoms with Crippen LogP contribution in [0.3, 0.4) is 0 Å². The van der Waals surface area contributed by atoms with E-state index < -0.39 is 5.91 Å². The number of carbonyl (C=O) groups is 4. The van der Waals surface area contributed by atoms with Gasteiger partial charge in [-0.1, -0.05) is 12.1 Å². The summed E-state index contributed by atoms with van der Waals surface area (Å²) in [7, 11) is 1.50. The Morgan fingerprint density at radius 1 is 0.841 bits per heavy atom. The average Bonchev–Trinajstić information content (AvgIpc) is 3.57. The van der Waals surface area contributed by atoms with Gasteiger partial charge in [0.25, 0.3) is 11.8 Å². The molecule has 5 N–H and O–H groups in total. The Balaban J connectivity index is 0.781. The van der Waals surface area contributed by atoms with Crippen molar-refractivity contribution in [2.24, 2.45) is 11.7 Å². The maximum absolute atomic E-state index is 13.1. The second kappa shape index (κ2) is 17.8. The van der Waals surface area contributed by atoms with Gasteiger partial charge in [0, 0.05) is 106 Å². The number of imide groups is 1. The van der Waals surface area contributed by atoms with Crippen LogP contribution in [-0.4, -0.2) is 103 Å². The molecular formula is C47H53N11O5. The fourth-order valence-corrected chi connectivity index (χ4v) is 9.25. The Morgan fingerprint density at radius 2 is 1.59 bits per heavy atom. The van der Waals surface area contributed by atoms with E-state index in [4.69, 9.17) is 15.6 Å². The van der Waals surface area contributed by atoms with Crippen LogP contribution in [0.1, 0.15) is 56.8 Å². The second-order valence-corrected chi connectivity index (χ2v) is 16.7. The molecule has 16 nitrogen and oxygen atoms in total. The topological polar surface area (TPSA) is 183 Å². The van der Waals surface area contributed by atoms with E-state index in [1.165, 1.54) is 18.5 Å². The van der Waals surface area contributed by atoms with E-state index in [-0.39, 0.29) is 30.1 Å². The molecule has 63 heavy (non-hydrogen) atoms. The number of amides is 5. The van der Waals surface area contributed by atoms with Crippen molar-refractivity contribution in [3.8, 4) is 17.0 Å². The standard InChI is InChI=1S/C47H53N11O5/c1-30-26-33(5-6-34(30)28-50-46(61)43-39(63-2)4-3-17-49-43)42-41(44(48)60)45-51-38-12-11-37(27-32(38)15-21-58(45)53-42)56-24-22-54(23-25-56)29-31-13-18-55(19-14-31)35-7-9-36(10-8-35)57-20-16-40(59)52-47(57)62/h3-12,17,26-27,31,51H,13-16,18-25,28-29H2,1-2H3,(H2,48,60)(H,50,61)(H,52,59,62). The molecule has 5 aromatic rings. The van der Waals surface area contributed by atoms with Crippen LogP contribution in [0, 0.1) is 12.8 Å². The van der Waals surface area contributed by atoms with Crippen LogP contribution in [0.2, 0.25) is 0 Å². The third-order valence-electron chi connectivity index (χ3n) is 12.8. The fourth-order valence-electron chi connectivity index (χ4n) is 9.25. The number of methoxy groups -OCH3 is 1. The first kappa shape index (κ1) is 41.4. The van der Waals surface area contributed by atoms with Gasteiger partial charge in [-0.05, 0) is 109 Å². The number of piperidine rings is 1. The summed E-state index contributed by atoms with van der Waals surface area (Å²) in [5, 5.41) is 13.8. The number of hydrogen-bond acceptors (Lipinski definition) is 11. The molecule has 0 bridgehead atoms. The monoisotopic (exact) mass is 851 g/mol. The van der Waals surface area contributed by atoms with Crippen molar-refractivity contribution in [3.63, 3.8) is 0 Å². The smallest absolute Gasteiger partial charge is 0.328 e. The molecule has 16 heteroatoms. The first-order valence-electron chi connectivity index (χ1n) is 21.7. The maximum Gasteiger partial charge on any atom is 0.328 e. The largest absolute Gasteiger partial charge is 0.494 e. The zero-order chi connectivity index (χ0) is 43.6. The molecule has 326 valence electrons. The van der Waals surface area contributed by atoms with E-state index >= 15 is 0 Å². The molecule has 0 unspecified atom stereocenters. The lowest BCUT2D eigenvalue weighted by Crippen LogP contribution is -2.49. The first-order valence-corrected chi connectivity index (χ1v) is 21.7. The van der Waals surface area contributed by atoms with E-state index in [1.807, 2.05) is 41.9 Å². The molecule has 5 amide bonds. The molecule has 0 saturated carbocycles. The molecule has 4 aliphatic rings. The normalized spacial score (nSPS) is 17.0. The predicted octanol–water partition coefficient (Wildman–Crippen LogP) is 5.08. The predicted molar refractivity (Wildman–Crippen MR) is 242 cm³/mol. The van der Waals surface area contributed by atoms with Gasteiger partial charge in [-0.3, -0.25) is 29.5 Å². The van der Waals surface area contributed by atoms with Crippen molar-refractivity contribution >= 4 is 52.3 Å². The van der Waals surface area contributed by atoms with Crippen LogP contribution in [0.5, 0.6) is 5.75 Å². The van der Waals surface area contributed by atoms with Crippen molar-refractivity contribution in [3.05, 3.63) is 107 Å². The number of ether oxygens (including phenoxy) is 1. The number of primary amides is 1. The number of hydrogen-bond donors (Lipinski definition) is 4. The summed E-state index contributed by atoms with van der Waals surface area (Å²) in [5.74, 6) is 0.531. The lowest BCUT2D eigenvalue weighted by molar-refractivity contribution is -0.120. The Labute approximate surface area is 366 Å². The summed E-state index contributed by atoms with van der Waals surface area (Å²) in [6, 6.07) is 23.5.